The van der Waals surface area contributed by atoms with Gasteiger partial charge in [0.2, 0.25) is 5.91 Å². The highest BCUT2D eigenvalue weighted by atomic mass is 16.5. The minimum absolute atomic E-state index is 0.162. The predicted octanol–water partition coefficient (Wildman–Crippen LogP) is 1.57. The number of hydrogen-bond donors (Lipinski definition) is 0. The number of fused-ring (bicyclic) bond motifs is 1. The van der Waals surface area contributed by atoms with E-state index in [0.29, 0.717) is 13.0 Å². The topological polar surface area (TPSA) is 60.2 Å². The first-order valence-electron chi connectivity index (χ1n) is 7.47. The lowest BCUT2D eigenvalue weighted by atomic mass is 10.1. The van der Waals surface area contributed by atoms with Gasteiger partial charge >= 0.3 is 0 Å². The molecule has 0 bridgehead atoms. The molecule has 0 radical (unpaired) electrons. The third-order valence-corrected chi connectivity index (χ3v) is 4.05. The summed E-state index contributed by atoms with van der Waals surface area (Å²) in [7, 11) is 1.65. The summed E-state index contributed by atoms with van der Waals surface area (Å²) in [6.45, 7) is 4.00. The number of amides is 1. The van der Waals surface area contributed by atoms with Crippen molar-refractivity contribution in [1.29, 1.82) is 0 Å². The molecule has 1 aromatic carbocycles. The molecule has 116 valence electrons. The summed E-state index contributed by atoms with van der Waals surface area (Å²) in [5.74, 6) is 2.78. The van der Waals surface area contributed by atoms with Crippen molar-refractivity contribution in [3.05, 3.63) is 41.5 Å². The van der Waals surface area contributed by atoms with Gasteiger partial charge in [0.1, 0.15) is 11.6 Å². The molecule has 2 heterocycles. The Morgan fingerprint density at radius 3 is 3.00 bits per heavy atom. The van der Waals surface area contributed by atoms with E-state index in [9.17, 15) is 4.79 Å². The van der Waals surface area contributed by atoms with Crippen LogP contribution in [0.1, 0.15) is 23.6 Å². The lowest BCUT2D eigenvalue weighted by Crippen LogP contribution is -2.38. The first-order chi connectivity index (χ1) is 10.7. The van der Waals surface area contributed by atoms with E-state index in [2.05, 4.69) is 14.8 Å². The zero-order valence-corrected chi connectivity index (χ0v) is 13.0. The van der Waals surface area contributed by atoms with E-state index in [0.717, 1.165) is 42.5 Å². The molecule has 0 unspecified atom stereocenters. The molecule has 0 saturated carbocycles. The highest BCUT2D eigenvalue weighted by molar-refractivity contribution is 5.76. The van der Waals surface area contributed by atoms with E-state index in [4.69, 9.17) is 4.74 Å². The molecule has 2 aromatic rings. The summed E-state index contributed by atoms with van der Waals surface area (Å²) in [6, 6.07) is 7.85. The third-order valence-electron chi connectivity index (χ3n) is 4.05. The standard InChI is InChI=1S/C16H20N4O2/c1-12-17-18-15-11-19(8-9-20(12)15)16(21)7-6-13-4-3-5-14(10-13)22-2/h3-5,10H,6-9,11H2,1-2H3. The zero-order chi connectivity index (χ0) is 15.5. The van der Waals surface area contributed by atoms with Crippen molar-refractivity contribution < 1.29 is 9.53 Å². The monoisotopic (exact) mass is 300 g/mol. The lowest BCUT2D eigenvalue weighted by Gasteiger charge is -2.27. The van der Waals surface area contributed by atoms with Gasteiger partial charge in [-0.1, -0.05) is 12.1 Å². The van der Waals surface area contributed by atoms with E-state index >= 15 is 0 Å². The summed E-state index contributed by atoms with van der Waals surface area (Å²) < 4.78 is 7.28. The predicted molar refractivity (Wildman–Crippen MR) is 81.5 cm³/mol. The number of carbonyl (C=O) groups is 1. The first-order valence-corrected chi connectivity index (χ1v) is 7.47. The van der Waals surface area contributed by atoms with Gasteiger partial charge in [-0.15, -0.1) is 10.2 Å². The van der Waals surface area contributed by atoms with E-state index in [1.807, 2.05) is 36.1 Å². The molecule has 1 aliphatic heterocycles. The Morgan fingerprint density at radius 1 is 1.32 bits per heavy atom. The Balaban J connectivity index is 1.58. The average molecular weight is 300 g/mol. The van der Waals surface area contributed by atoms with Crippen LogP contribution in [0.3, 0.4) is 0 Å². The van der Waals surface area contributed by atoms with Crippen molar-refractivity contribution in [2.75, 3.05) is 13.7 Å². The summed E-state index contributed by atoms with van der Waals surface area (Å²) in [5, 5.41) is 8.20. The molecule has 0 spiro atoms. The van der Waals surface area contributed by atoms with E-state index in [1.165, 1.54) is 0 Å². The average Bonchev–Trinajstić information content (AvgIpc) is 2.93. The third kappa shape index (κ3) is 2.95. The molecule has 0 saturated heterocycles. The fourth-order valence-corrected chi connectivity index (χ4v) is 2.75. The highest BCUT2D eigenvalue weighted by Crippen LogP contribution is 2.16. The van der Waals surface area contributed by atoms with Crippen LogP contribution in [-0.4, -0.2) is 39.2 Å². The fourth-order valence-electron chi connectivity index (χ4n) is 2.75. The number of benzene rings is 1. The van der Waals surface area contributed by atoms with Crippen molar-refractivity contribution in [3.63, 3.8) is 0 Å². The number of methoxy groups -OCH3 is 1. The van der Waals surface area contributed by atoms with Crippen molar-refractivity contribution in [2.24, 2.45) is 0 Å². The summed E-state index contributed by atoms with van der Waals surface area (Å²) in [6.07, 6.45) is 1.22. The van der Waals surface area contributed by atoms with Crippen molar-refractivity contribution in [2.45, 2.75) is 32.9 Å². The maximum Gasteiger partial charge on any atom is 0.223 e. The molecular formula is C16H20N4O2. The molecule has 22 heavy (non-hydrogen) atoms. The Hall–Kier alpha value is -2.37. The van der Waals surface area contributed by atoms with Crippen molar-refractivity contribution >= 4 is 5.91 Å². The van der Waals surface area contributed by atoms with Crippen LogP contribution in [0, 0.1) is 6.92 Å². The van der Waals surface area contributed by atoms with Crippen molar-refractivity contribution in [1.82, 2.24) is 19.7 Å². The molecular weight excluding hydrogens is 280 g/mol. The Labute approximate surface area is 129 Å². The quantitative estimate of drug-likeness (QED) is 0.860. The maximum atomic E-state index is 12.4. The molecule has 0 aliphatic carbocycles. The highest BCUT2D eigenvalue weighted by Gasteiger charge is 2.22. The maximum absolute atomic E-state index is 12.4. The van der Waals surface area contributed by atoms with Gasteiger partial charge in [0, 0.05) is 19.5 Å². The summed E-state index contributed by atoms with van der Waals surface area (Å²) in [4.78, 5) is 14.2. The molecule has 0 atom stereocenters. The number of aryl methyl sites for hydroxylation is 2. The molecule has 1 aromatic heterocycles. The Kier molecular flexibility index (Phi) is 4.09. The zero-order valence-electron chi connectivity index (χ0n) is 13.0. The van der Waals surface area contributed by atoms with Crippen LogP contribution < -0.4 is 4.74 Å². The van der Waals surface area contributed by atoms with Crippen LogP contribution in [0.15, 0.2) is 24.3 Å². The van der Waals surface area contributed by atoms with Crippen LogP contribution in [0.4, 0.5) is 0 Å². The number of hydrogen-bond acceptors (Lipinski definition) is 4. The number of rotatable bonds is 4. The second-order valence-electron chi connectivity index (χ2n) is 5.48. The van der Waals surface area contributed by atoms with E-state index < -0.39 is 0 Å². The van der Waals surface area contributed by atoms with E-state index in [1.54, 1.807) is 7.11 Å². The molecule has 0 N–H and O–H groups in total. The van der Waals surface area contributed by atoms with Gasteiger partial charge in [0.15, 0.2) is 5.82 Å². The van der Waals surface area contributed by atoms with Gasteiger partial charge in [-0.3, -0.25) is 4.79 Å². The van der Waals surface area contributed by atoms with Gasteiger partial charge in [-0.05, 0) is 31.0 Å². The first kappa shape index (κ1) is 14.6. The number of nitrogens with zero attached hydrogens (tertiary/aromatic N) is 4. The largest absolute Gasteiger partial charge is 0.497 e. The van der Waals surface area contributed by atoms with Crippen LogP contribution >= 0.6 is 0 Å². The smallest absolute Gasteiger partial charge is 0.223 e. The Bertz CT molecular complexity index is 681. The molecule has 1 aliphatic rings. The van der Waals surface area contributed by atoms with Gasteiger partial charge < -0.3 is 14.2 Å². The fraction of sp³-hybridized carbons (Fsp3) is 0.438. The van der Waals surface area contributed by atoms with Crippen LogP contribution in [0.2, 0.25) is 0 Å². The number of aromatic nitrogens is 3. The summed E-state index contributed by atoms with van der Waals surface area (Å²) in [5.41, 5.74) is 1.11. The van der Waals surface area contributed by atoms with Gasteiger partial charge in [-0.25, -0.2) is 0 Å². The van der Waals surface area contributed by atoms with Gasteiger partial charge in [-0.2, -0.15) is 0 Å². The SMILES string of the molecule is COc1cccc(CCC(=O)N2CCn3c(C)nnc3C2)c1. The molecule has 0 fully saturated rings. The van der Waals surface area contributed by atoms with Gasteiger partial charge in [0.05, 0.1) is 13.7 Å². The number of ether oxygens (including phenoxy) is 1. The lowest BCUT2D eigenvalue weighted by molar-refractivity contribution is -0.132. The van der Waals surface area contributed by atoms with E-state index in [-0.39, 0.29) is 5.91 Å². The van der Waals surface area contributed by atoms with Crippen molar-refractivity contribution in [3.8, 4) is 5.75 Å². The minimum Gasteiger partial charge on any atom is -0.497 e. The summed E-state index contributed by atoms with van der Waals surface area (Å²) >= 11 is 0. The molecule has 1 amide bonds. The Morgan fingerprint density at radius 2 is 2.18 bits per heavy atom. The van der Waals surface area contributed by atoms with Crippen LogP contribution in [-0.2, 0) is 24.3 Å². The second-order valence-corrected chi connectivity index (χ2v) is 5.48. The minimum atomic E-state index is 0.162. The van der Waals surface area contributed by atoms with Crippen LogP contribution in [0.25, 0.3) is 0 Å². The molecule has 6 heteroatoms. The van der Waals surface area contributed by atoms with Crippen LogP contribution in [0.5, 0.6) is 5.75 Å². The van der Waals surface area contributed by atoms with Gasteiger partial charge in [0.25, 0.3) is 0 Å². The number of carbonyl (C=O) groups excluding carboxylic acids is 1. The molecule has 6 nitrogen and oxygen atoms in total. The second kappa shape index (κ2) is 6.17. The normalized spacial score (nSPS) is 13.8. The molecule has 3 rings (SSSR count).